The van der Waals surface area contributed by atoms with Crippen molar-refractivity contribution in [3.8, 4) is 0 Å². The molecule has 4 nitrogen and oxygen atoms in total. The number of hydrogen-bond donors (Lipinski definition) is 0. The SMILES string of the molecule is CC(C)(C)OC(=O)N1c2ccncc2CC1c1ccccc1. The molecule has 0 aliphatic carbocycles. The molecule has 0 spiro atoms. The van der Waals surface area contributed by atoms with Crippen LogP contribution in [0.15, 0.2) is 48.8 Å². The van der Waals surface area contributed by atoms with E-state index in [0.29, 0.717) is 0 Å². The van der Waals surface area contributed by atoms with Crippen molar-refractivity contribution in [2.75, 3.05) is 4.90 Å². The largest absolute Gasteiger partial charge is 0.443 e. The minimum Gasteiger partial charge on any atom is -0.443 e. The Balaban J connectivity index is 1.99. The number of nitrogens with zero attached hydrogens (tertiary/aromatic N) is 2. The fourth-order valence-corrected chi connectivity index (χ4v) is 2.76. The van der Waals surface area contributed by atoms with Crippen LogP contribution in [0.2, 0.25) is 0 Å². The van der Waals surface area contributed by atoms with Crippen molar-refractivity contribution in [1.29, 1.82) is 0 Å². The average molecular weight is 296 g/mol. The first kappa shape index (κ1) is 14.6. The van der Waals surface area contributed by atoms with Gasteiger partial charge in [0.1, 0.15) is 5.60 Å². The summed E-state index contributed by atoms with van der Waals surface area (Å²) in [7, 11) is 0. The molecule has 1 aliphatic rings. The predicted molar refractivity (Wildman–Crippen MR) is 85.8 cm³/mol. The van der Waals surface area contributed by atoms with Crippen molar-refractivity contribution in [3.05, 3.63) is 59.9 Å². The van der Waals surface area contributed by atoms with Crippen molar-refractivity contribution in [1.82, 2.24) is 4.98 Å². The van der Waals surface area contributed by atoms with Crippen molar-refractivity contribution in [3.63, 3.8) is 0 Å². The van der Waals surface area contributed by atoms with Crippen LogP contribution in [0.4, 0.5) is 10.5 Å². The number of pyridine rings is 1. The van der Waals surface area contributed by atoms with Gasteiger partial charge in [0.25, 0.3) is 0 Å². The monoisotopic (exact) mass is 296 g/mol. The lowest BCUT2D eigenvalue weighted by Crippen LogP contribution is -2.37. The van der Waals surface area contributed by atoms with E-state index in [4.69, 9.17) is 4.74 Å². The van der Waals surface area contributed by atoms with Crippen molar-refractivity contribution < 1.29 is 9.53 Å². The van der Waals surface area contributed by atoms with Gasteiger partial charge < -0.3 is 4.74 Å². The van der Waals surface area contributed by atoms with E-state index < -0.39 is 5.60 Å². The molecule has 1 unspecified atom stereocenters. The fourth-order valence-electron chi connectivity index (χ4n) is 2.76. The highest BCUT2D eigenvalue weighted by Crippen LogP contribution is 2.40. The predicted octanol–water partition coefficient (Wildman–Crippen LogP) is 4.12. The van der Waals surface area contributed by atoms with Crippen molar-refractivity contribution in [2.45, 2.75) is 38.8 Å². The van der Waals surface area contributed by atoms with E-state index in [9.17, 15) is 4.79 Å². The fraction of sp³-hybridized carbons (Fsp3) is 0.333. The summed E-state index contributed by atoms with van der Waals surface area (Å²) in [6, 6.07) is 11.9. The number of aromatic nitrogens is 1. The second-order valence-electron chi connectivity index (χ2n) is 6.49. The molecule has 0 saturated carbocycles. The smallest absolute Gasteiger partial charge is 0.415 e. The second kappa shape index (κ2) is 5.44. The minimum absolute atomic E-state index is 0.0461. The first-order chi connectivity index (χ1) is 10.5. The van der Waals surface area contributed by atoms with Crippen LogP contribution in [0.5, 0.6) is 0 Å². The molecule has 0 bridgehead atoms. The van der Waals surface area contributed by atoms with Crippen molar-refractivity contribution >= 4 is 11.8 Å². The highest BCUT2D eigenvalue weighted by Gasteiger charge is 2.37. The zero-order valence-corrected chi connectivity index (χ0v) is 13.1. The lowest BCUT2D eigenvalue weighted by molar-refractivity contribution is 0.0569. The van der Waals surface area contributed by atoms with E-state index in [1.165, 1.54) is 0 Å². The Bertz CT molecular complexity index is 677. The molecular weight excluding hydrogens is 276 g/mol. The first-order valence-electron chi connectivity index (χ1n) is 7.46. The van der Waals surface area contributed by atoms with Crippen LogP contribution in [0, 0.1) is 0 Å². The highest BCUT2D eigenvalue weighted by molar-refractivity contribution is 5.91. The van der Waals surface area contributed by atoms with Crippen molar-refractivity contribution in [2.24, 2.45) is 0 Å². The first-order valence-corrected chi connectivity index (χ1v) is 7.46. The summed E-state index contributed by atoms with van der Waals surface area (Å²) in [5.74, 6) is 0. The number of carbonyl (C=O) groups excluding carboxylic acids is 1. The normalized spacial score (nSPS) is 17.2. The van der Waals surface area contributed by atoms with Crippen LogP contribution in [0.3, 0.4) is 0 Å². The number of hydrogen-bond acceptors (Lipinski definition) is 3. The summed E-state index contributed by atoms with van der Waals surface area (Å²) in [5.41, 5.74) is 2.54. The maximum Gasteiger partial charge on any atom is 0.415 e. The second-order valence-corrected chi connectivity index (χ2v) is 6.49. The summed E-state index contributed by atoms with van der Waals surface area (Å²) in [5, 5.41) is 0. The maximum absolute atomic E-state index is 12.7. The molecular formula is C18H20N2O2. The van der Waals surface area contributed by atoms with Gasteiger partial charge in [0.2, 0.25) is 0 Å². The highest BCUT2D eigenvalue weighted by atomic mass is 16.6. The molecule has 2 heterocycles. The molecule has 0 saturated heterocycles. The van der Waals surface area contributed by atoms with Crippen LogP contribution < -0.4 is 4.90 Å². The van der Waals surface area contributed by atoms with E-state index in [-0.39, 0.29) is 12.1 Å². The Labute approximate surface area is 130 Å². The lowest BCUT2D eigenvalue weighted by atomic mass is 10.0. The van der Waals surface area contributed by atoms with Crippen LogP contribution in [-0.4, -0.2) is 16.7 Å². The van der Waals surface area contributed by atoms with Gasteiger partial charge in [-0.2, -0.15) is 0 Å². The van der Waals surface area contributed by atoms with Gasteiger partial charge in [-0.15, -0.1) is 0 Å². The van der Waals surface area contributed by atoms with E-state index in [2.05, 4.69) is 4.98 Å². The number of anilines is 1. The molecule has 1 aromatic heterocycles. The van der Waals surface area contributed by atoms with Gasteiger partial charge >= 0.3 is 6.09 Å². The van der Waals surface area contributed by atoms with Crippen LogP contribution in [0.25, 0.3) is 0 Å². The van der Waals surface area contributed by atoms with E-state index >= 15 is 0 Å². The number of benzene rings is 1. The standard InChI is InChI=1S/C18H20N2O2/c1-18(2,3)22-17(21)20-15-9-10-19-12-14(15)11-16(20)13-7-5-4-6-8-13/h4-10,12,16H,11H2,1-3H3. The Kier molecular flexibility index (Phi) is 3.61. The molecule has 1 aliphatic heterocycles. The Morgan fingerprint density at radius 3 is 2.64 bits per heavy atom. The van der Waals surface area contributed by atoms with E-state index in [1.54, 1.807) is 11.1 Å². The molecule has 0 fully saturated rings. The summed E-state index contributed by atoms with van der Waals surface area (Å²) in [6.07, 6.45) is 3.98. The summed E-state index contributed by atoms with van der Waals surface area (Å²) in [4.78, 5) is 18.6. The molecule has 3 rings (SSSR count). The molecule has 1 aromatic carbocycles. The maximum atomic E-state index is 12.7. The van der Waals surface area contributed by atoms with Gasteiger partial charge in [0.05, 0.1) is 11.7 Å². The van der Waals surface area contributed by atoms with Crippen LogP contribution in [-0.2, 0) is 11.2 Å². The van der Waals surface area contributed by atoms with Gasteiger partial charge in [-0.3, -0.25) is 9.88 Å². The van der Waals surface area contributed by atoms with Gasteiger partial charge in [0, 0.05) is 18.8 Å². The molecule has 4 heteroatoms. The Morgan fingerprint density at radius 1 is 1.23 bits per heavy atom. The van der Waals surface area contributed by atoms with Gasteiger partial charge in [-0.05, 0) is 38.0 Å². The number of carbonyl (C=O) groups is 1. The molecule has 2 aromatic rings. The molecule has 22 heavy (non-hydrogen) atoms. The minimum atomic E-state index is -0.520. The number of ether oxygens (including phenoxy) is 1. The Hall–Kier alpha value is -2.36. The van der Waals surface area contributed by atoms with Crippen LogP contribution in [0.1, 0.15) is 37.9 Å². The zero-order chi connectivity index (χ0) is 15.7. The van der Waals surface area contributed by atoms with E-state index in [1.807, 2.05) is 63.4 Å². The molecule has 1 amide bonds. The summed E-state index contributed by atoms with van der Waals surface area (Å²) >= 11 is 0. The third-order valence-electron chi connectivity index (χ3n) is 3.64. The van der Waals surface area contributed by atoms with Gasteiger partial charge in [0.15, 0.2) is 0 Å². The van der Waals surface area contributed by atoms with Gasteiger partial charge in [-0.1, -0.05) is 30.3 Å². The number of fused-ring (bicyclic) bond motifs is 1. The summed E-state index contributed by atoms with van der Waals surface area (Å²) < 4.78 is 5.60. The average Bonchev–Trinajstić information content (AvgIpc) is 2.86. The lowest BCUT2D eigenvalue weighted by Gasteiger charge is -2.29. The summed E-state index contributed by atoms with van der Waals surface area (Å²) in [6.45, 7) is 5.64. The molecule has 0 N–H and O–H groups in total. The zero-order valence-electron chi connectivity index (χ0n) is 13.1. The third kappa shape index (κ3) is 2.82. The number of rotatable bonds is 1. The quantitative estimate of drug-likeness (QED) is 0.795. The van der Waals surface area contributed by atoms with E-state index in [0.717, 1.165) is 23.2 Å². The van der Waals surface area contributed by atoms with Gasteiger partial charge in [-0.25, -0.2) is 4.79 Å². The molecule has 0 radical (unpaired) electrons. The molecule has 1 atom stereocenters. The Morgan fingerprint density at radius 2 is 1.95 bits per heavy atom. The number of amides is 1. The molecule has 114 valence electrons. The van der Waals surface area contributed by atoms with Crippen LogP contribution >= 0.6 is 0 Å². The third-order valence-corrected chi connectivity index (χ3v) is 3.64. The topological polar surface area (TPSA) is 42.4 Å².